The first kappa shape index (κ1) is 16.6. The molecule has 21 heavy (non-hydrogen) atoms. The number of likely N-dealkylation sites (N-methyl/N-ethyl adjacent to an activating group) is 1. The fraction of sp³-hybridized carbons (Fsp3) is 0.462. The maximum Gasteiger partial charge on any atom is 0.260 e. The normalized spacial score (nSPS) is 20.2. The molecule has 116 valence electrons. The Labute approximate surface area is 137 Å². The van der Waals surface area contributed by atoms with Crippen LogP contribution in [0.3, 0.4) is 0 Å². The maximum absolute atomic E-state index is 12.1. The van der Waals surface area contributed by atoms with Crippen LogP contribution in [0.4, 0.5) is 0 Å². The van der Waals surface area contributed by atoms with Gasteiger partial charge in [-0.2, -0.15) is 0 Å². The van der Waals surface area contributed by atoms with Gasteiger partial charge in [-0.25, -0.2) is 8.42 Å². The van der Waals surface area contributed by atoms with Gasteiger partial charge in [-0.3, -0.25) is 4.79 Å². The molecule has 8 heteroatoms. The van der Waals surface area contributed by atoms with E-state index in [0.717, 1.165) is 0 Å². The van der Waals surface area contributed by atoms with Gasteiger partial charge in [0.15, 0.2) is 16.4 Å². The number of ether oxygens (including phenoxy) is 1. The minimum atomic E-state index is -3.01. The molecule has 1 amide bonds. The highest BCUT2D eigenvalue weighted by Crippen LogP contribution is 2.28. The second-order valence-corrected chi connectivity index (χ2v) is 8.44. The van der Waals surface area contributed by atoms with Crippen LogP contribution in [0.15, 0.2) is 22.7 Å². The first-order valence-corrected chi connectivity index (χ1v) is 9.32. The van der Waals surface area contributed by atoms with E-state index >= 15 is 0 Å². The third kappa shape index (κ3) is 4.34. The number of carbonyl (C=O) groups is 1. The quantitative estimate of drug-likeness (QED) is 0.782. The minimum Gasteiger partial charge on any atom is -0.483 e. The standard InChI is InChI=1S/C13H15BrClNO4S/c1-16(10-4-5-21(18,19)8-10)13(17)7-20-12-3-2-9(15)6-11(12)14/h2-3,6,10H,4-5,7-8H2,1H3/t10-/m1/s1. The predicted octanol–water partition coefficient (Wildman–Crippen LogP) is 2.13. The van der Waals surface area contributed by atoms with E-state index in [-0.39, 0.29) is 30.1 Å². The topological polar surface area (TPSA) is 63.7 Å². The molecule has 1 aliphatic heterocycles. The summed E-state index contributed by atoms with van der Waals surface area (Å²) in [5, 5.41) is 0.564. The van der Waals surface area contributed by atoms with Crippen molar-refractivity contribution < 1.29 is 17.9 Å². The zero-order valence-corrected chi connectivity index (χ0v) is 14.5. The van der Waals surface area contributed by atoms with Gasteiger partial charge < -0.3 is 9.64 Å². The summed E-state index contributed by atoms with van der Waals surface area (Å²) in [7, 11) is -1.40. The van der Waals surface area contributed by atoms with E-state index in [4.69, 9.17) is 16.3 Å². The lowest BCUT2D eigenvalue weighted by Crippen LogP contribution is -2.40. The number of amides is 1. The monoisotopic (exact) mass is 395 g/mol. The average molecular weight is 397 g/mol. The van der Waals surface area contributed by atoms with Gasteiger partial charge in [0.05, 0.1) is 16.0 Å². The summed E-state index contributed by atoms with van der Waals surface area (Å²) in [6.45, 7) is -0.146. The summed E-state index contributed by atoms with van der Waals surface area (Å²) in [5.41, 5.74) is 0. The number of sulfone groups is 1. The third-order valence-electron chi connectivity index (χ3n) is 3.39. The Morgan fingerprint density at radius 3 is 2.81 bits per heavy atom. The van der Waals surface area contributed by atoms with Crippen LogP contribution in [-0.4, -0.2) is 50.4 Å². The van der Waals surface area contributed by atoms with Crippen molar-refractivity contribution in [1.82, 2.24) is 4.90 Å². The fourth-order valence-electron chi connectivity index (χ4n) is 2.12. The molecule has 5 nitrogen and oxygen atoms in total. The van der Waals surface area contributed by atoms with Crippen molar-refractivity contribution in [1.29, 1.82) is 0 Å². The van der Waals surface area contributed by atoms with Crippen molar-refractivity contribution in [2.45, 2.75) is 12.5 Å². The first-order valence-electron chi connectivity index (χ1n) is 6.32. The molecule has 1 aromatic carbocycles. The smallest absolute Gasteiger partial charge is 0.260 e. The zero-order chi connectivity index (χ0) is 15.6. The van der Waals surface area contributed by atoms with Crippen LogP contribution in [0.25, 0.3) is 0 Å². The highest BCUT2D eigenvalue weighted by molar-refractivity contribution is 9.10. The van der Waals surface area contributed by atoms with Crippen molar-refractivity contribution >= 4 is 43.3 Å². The zero-order valence-electron chi connectivity index (χ0n) is 11.4. The largest absolute Gasteiger partial charge is 0.483 e. The minimum absolute atomic E-state index is 0.0277. The molecule has 0 N–H and O–H groups in total. The number of nitrogens with zero attached hydrogens (tertiary/aromatic N) is 1. The summed E-state index contributed by atoms with van der Waals surface area (Å²) in [6.07, 6.45) is 0.481. The van der Waals surface area contributed by atoms with Gasteiger partial charge in [0.1, 0.15) is 5.75 Å². The second-order valence-electron chi connectivity index (χ2n) is 4.92. The summed E-state index contributed by atoms with van der Waals surface area (Å²) in [4.78, 5) is 13.5. The molecule has 0 radical (unpaired) electrons. The van der Waals surface area contributed by atoms with E-state index in [9.17, 15) is 13.2 Å². The van der Waals surface area contributed by atoms with Gasteiger partial charge in [0.2, 0.25) is 0 Å². The molecule has 1 saturated heterocycles. The summed E-state index contributed by atoms with van der Waals surface area (Å²) < 4.78 is 29.0. The van der Waals surface area contributed by atoms with Crippen molar-refractivity contribution in [3.63, 3.8) is 0 Å². The Hall–Kier alpha value is -0.790. The van der Waals surface area contributed by atoms with Crippen molar-refractivity contribution in [2.75, 3.05) is 25.2 Å². The molecule has 0 aliphatic carbocycles. The van der Waals surface area contributed by atoms with E-state index in [1.807, 2.05) is 0 Å². The van der Waals surface area contributed by atoms with E-state index in [0.29, 0.717) is 21.7 Å². The SMILES string of the molecule is CN(C(=O)COc1ccc(Cl)cc1Br)[C@@H]1CCS(=O)(=O)C1. The van der Waals surface area contributed by atoms with Gasteiger partial charge in [0, 0.05) is 18.1 Å². The lowest BCUT2D eigenvalue weighted by Gasteiger charge is -2.23. The van der Waals surface area contributed by atoms with E-state index < -0.39 is 9.84 Å². The van der Waals surface area contributed by atoms with Crippen molar-refractivity contribution in [3.8, 4) is 5.75 Å². The lowest BCUT2D eigenvalue weighted by atomic mass is 10.2. The van der Waals surface area contributed by atoms with Crippen LogP contribution in [0.2, 0.25) is 5.02 Å². The molecular weight excluding hydrogens is 382 g/mol. The predicted molar refractivity (Wildman–Crippen MR) is 84.5 cm³/mol. The van der Waals surface area contributed by atoms with Gasteiger partial charge in [-0.15, -0.1) is 0 Å². The number of rotatable bonds is 4. The Bertz CT molecular complexity index is 650. The van der Waals surface area contributed by atoms with E-state index in [2.05, 4.69) is 15.9 Å². The van der Waals surface area contributed by atoms with Crippen LogP contribution in [0.1, 0.15) is 6.42 Å². The van der Waals surface area contributed by atoms with E-state index in [1.165, 1.54) is 4.90 Å². The highest BCUT2D eigenvalue weighted by Gasteiger charge is 2.32. The summed E-state index contributed by atoms with van der Waals surface area (Å²) >= 11 is 9.13. The second kappa shape index (κ2) is 6.54. The molecule has 0 aromatic heterocycles. The molecule has 1 aliphatic rings. The molecular formula is C13H15BrClNO4S. The molecule has 1 heterocycles. The van der Waals surface area contributed by atoms with Crippen LogP contribution in [0, 0.1) is 0 Å². The molecule has 1 aromatic rings. The summed E-state index contributed by atoms with van der Waals surface area (Å²) in [6, 6.07) is 4.74. The number of hydrogen-bond donors (Lipinski definition) is 0. The van der Waals surface area contributed by atoms with Crippen molar-refractivity contribution in [3.05, 3.63) is 27.7 Å². The van der Waals surface area contributed by atoms with Gasteiger partial charge in [-0.05, 0) is 40.5 Å². The van der Waals surface area contributed by atoms with Crippen LogP contribution in [0.5, 0.6) is 5.75 Å². The van der Waals surface area contributed by atoms with Crippen LogP contribution < -0.4 is 4.74 Å². The number of hydrogen-bond acceptors (Lipinski definition) is 4. The van der Waals surface area contributed by atoms with Crippen molar-refractivity contribution in [2.24, 2.45) is 0 Å². The molecule has 0 saturated carbocycles. The lowest BCUT2D eigenvalue weighted by molar-refractivity contribution is -0.133. The Morgan fingerprint density at radius 2 is 2.24 bits per heavy atom. The molecule has 0 bridgehead atoms. The number of carbonyl (C=O) groups excluding carboxylic acids is 1. The Morgan fingerprint density at radius 1 is 1.52 bits per heavy atom. The van der Waals surface area contributed by atoms with Crippen LogP contribution >= 0.6 is 27.5 Å². The molecule has 0 unspecified atom stereocenters. The Balaban J connectivity index is 1.92. The van der Waals surface area contributed by atoms with E-state index in [1.54, 1.807) is 25.2 Å². The van der Waals surface area contributed by atoms with Gasteiger partial charge >= 0.3 is 0 Å². The fourth-order valence-corrected chi connectivity index (χ4v) is 4.69. The number of halogens is 2. The molecule has 1 atom stereocenters. The van der Waals surface area contributed by atoms with Gasteiger partial charge in [0.25, 0.3) is 5.91 Å². The maximum atomic E-state index is 12.1. The number of benzene rings is 1. The average Bonchev–Trinajstić information content (AvgIpc) is 2.77. The molecule has 0 spiro atoms. The highest BCUT2D eigenvalue weighted by atomic mass is 79.9. The van der Waals surface area contributed by atoms with Gasteiger partial charge in [-0.1, -0.05) is 11.6 Å². The Kier molecular flexibility index (Phi) is 5.16. The third-order valence-corrected chi connectivity index (χ3v) is 6.00. The first-order chi connectivity index (χ1) is 9.78. The van der Waals surface area contributed by atoms with Crippen LogP contribution in [-0.2, 0) is 14.6 Å². The summed E-state index contributed by atoms with van der Waals surface area (Å²) in [5.74, 6) is 0.429. The molecule has 1 fully saturated rings. The molecule has 2 rings (SSSR count).